The Morgan fingerprint density at radius 2 is 1.71 bits per heavy atom. The van der Waals surface area contributed by atoms with Gasteiger partial charge in [-0.3, -0.25) is 4.79 Å². The Labute approximate surface area is 199 Å². The first-order chi connectivity index (χ1) is 16.5. The maximum absolute atomic E-state index is 13.3. The van der Waals surface area contributed by atoms with Gasteiger partial charge in [-0.05, 0) is 67.8 Å². The van der Waals surface area contributed by atoms with Crippen molar-refractivity contribution in [3.63, 3.8) is 0 Å². The number of ether oxygens (including phenoxy) is 1. The van der Waals surface area contributed by atoms with E-state index in [2.05, 4.69) is 20.6 Å². The number of nitrogens with one attached hydrogen (secondary N) is 2. The van der Waals surface area contributed by atoms with E-state index in [0.717, 1.165) is 34.5 Å². The van der Waals surface area contributed by atoms with E-state index in [-0.39, 0.29) is 17.4 Å². The Morgan fingerprint density at radius 3 is 2.44 bits per heavy atom. The first-order valence-electron chi connectivity index (χ1n) is 11.1. The fourth-order valence-electron chi connectivity index (χ4n) is 3.55. The average molecular weight is 454 g/mol. The lowest BCUT2D eigenvalue weighted by molar-refractivity contribution is 0.102. The molecule has 172 valence electrons. The highest BCUT2D eigenvalue weighted by Crippen LogP contribution is 2.28. The second-order valence-electron chi connectivity index (χ2n) is 7.91. The molecule has 0 aliphatic heterocycles. The SMILES string of the molecule is Cc1cccc(C)c1NC(=O)c1cnc(Nc2ccccc2)nc1Oc1cccc(CCN)c1. The number of nitrogens with zero attached hydrogens (tertiary/aromatic N) is 2. The molecular formula is C27H27N5O2. The molecule has 0 unspecified atom stereocenters. The highest BCUT2D eigenvalue weighted by Gasteiger charge is 2.19. The van der Waals surface area contributed by atoms with Crippen LogP contribution >= 0.6 is 0 Å². The van der Waals surface area contributed by atoms with Crippen molar-refractivity contribution in [1.29, 1.82) is 0 Å². The third kappa shape index (κ3) is 5.57. The molecule has 4 aromatic rings. The maximum Gasteiger partial charge on any atom is 0.262 e. The number of carbonyl (C=O) groups is 1. The summed E-state index contributed by atoms with van der Waals surface area (Å²) in [6, 6.07) is 23.0. The molecule has 0 fully saturated rings. The summed E-state index contributed by atoms with van der Waals surface area (Å²) in [5.74, 6) is 0.693. The third-order valence-electron chi connectivity index (χ3n) is 5.29. The Hall–Kier alpha value is -4.23. The molecule has 0 saturated carbocycles. The predicted molar refractivity (Wildman–Crippen MR) is 135 cm³/mol. The molecule has 1 aromatic heterocycles. The molecule has 1 amide bonds. The van der Waals surface area contributed by atoms with E-state index in [1.165, 1.54) is 6.20 Å². The van der Waals surface area contributed by atoms with Gasteiger partial charge in [-0.25, -0.2) is 4.98 Å². The van der Waals surface area contributed by atoms with E-state index in [0.29, 0.717) is 18.2 Å². The van der Waals surface area contributed by atoms with Crippen molar-refractivity contribution in [2.75, 3.05) is 17.2 Å². The molecule has 0 atom stereocenters. The van der Waals surface area contributed by atoms with Crippen molar-refractivity contribution in [3.8, 4) is 11.6 Å². The summed E-state index contributed by atoms with van der Waals surface area (Å²) in [5.41, 5.74) is 10.5. The van der Waals surface area contributed by atoms with E-state index in [1.807, 2.05) is 86.6 Å². The Bertz CT molecular complexity index is 1270. The van der Waals surface area contributed by atoms with Crippen molar-refractivity contribution >= 4 is 23.2 Å². The molecule has 0 spiro atoms. The van der Waals surface area contributed by atoms with Crippen LogP contribution in [0.1, 0.15) is 27.0 Å². The quantitative estimate of drug-likeness (QED) is 0.331. The number of aromatic nitrogens is 2. The summed E-state index contributed by atoms with van der Waals surface area (Å²) < 4.78 is 6.10. The number of amides is 1. The van der Waals surface area contributed by atoms with Gasteiger partial charge in [0.25, 0.3) is 5.91 Å². The lowest BCUT2D eigenvalue weighted by Gasteiger charge is -2.15. The number of nitrogens with two attached hydrogens (primary N) is 1. The Balaban J connectivity index is 1.68. The van der Waals surface area contributed by atoms with Crippen LogP contribution in [0.25, 0.3) is 0 Å². The van der Waals surface area contributed by atoms with Crippen LogP contribution in [0.4, 0.5) is 17.3 Å². The molecule has 7 nitrogen and oxygen atoms in total. The summed E-state index contributed by atoms with van der Waals surface area (Å²) in [4.78, 5) is 22.1. The van der Waals surface area contributed by atoms with Gasteiger partial charge < -0.3 is 21.1 Å². The van der Waals surface area contributed by atoms with Gasteiger partial charge in [0.15, 0.2) is 0 Å². The summed E-state index contributed by atoms with van der Waals surface area (Å²) in [6.07, 6.45) is 2.20. The number of aryl methyl sites for hydroxylation is 2. The van der Waals surface area contributed by atoms with Crippen LogP contribution in [0.3, 0.4) is 0 Å². The summed E-state index contributed by atoms with van der Waals surface area (Å²) >= 11 is 0. The van der Waals surface area contributed by atoms with Crippen molar-refractivity contribution in [2.45, 2.75) is 20.3 Å². The molecule has 0 aliphatic rings. The van der Waals surface area contributed by atoms with E-state index in [9.17, 15) is 4.79 Å². The van der Waals surface area contributed by atoms with Crippen LogP contribution in [0.5, 0.6) is 11.6 Å². The van der Waals surface area contributed by atoms with Crippen LogP contribution < -0.4 is 21.1 Å². The van der Waals surface area contributed by atoms with Gasteiger partial charge in [-0.15, -0.1) is 0 Å². The second-order valence-corrected chi connectivity index (χ2v) is 7.91. The molecule has 0 aliphatic carbocycles. The van der Waals surface area contributed by atoms with Gasteiger partial charge in [-0.2, -0.15) is 4.98 Å². The van der Waals surface area contributed by atoms with E-state index < -0.39 is 0 Å². The highest BCUT2D eigenvalue weighted by molar-refractivity contribution is 6.06. The minimum absolute atomic E-state index is 0.155. The summed E-state index contributed by atoms with van der Waals surface area (Å²) in [6.45, 7) is 4.43. The number of hydrogen-bond donors (Lipinski definition) is 3. The zero-order valence-electron chi connectivity index (χ0n) is 19.2. The number of para-hydroxylation sites is 2. The van der Waals surface area contributed by atoms with Gasteiger partial charge in [0.2, 0.25) is 11.8 Å². The molecule has 0 radical (unpaired) electrons. The van der Waals surface area contributed by atoms with Crippen molar-refractivity contribution in [3.05, 3.63) is 101 Å². The molecule has 4 N–H and O–H groups in total. The highest BCUT2D eigenvalue weighted by atomic mass is 16.5. The molecule has 1 heterocycles. The minimum atomic E-state index is -0.350. The molecule has 34 heavy (non-hydrogen) atoms. The fourth-order valence-corrected chi connectivity index (χ4v) is 3.55. The Kier molecular flexibility index (Phi) is 7.15. The van der Waals surface area contributed by atoms with Crippen molar-refractivity contribution in [1.82, 2.24) is 9.97 Å². The van der Waals surface area contributed by atoms with Gasteiger partial charge >= 0.3 is 0 Å². The molecule has 4 rings (SSSR count). The van der Waals surface area contributed by atoms with Crippen molar-refractivity contribution in [2.24, 2.45) is 5.73 Å². The number of hydrogen-bond acceptors (Lipinski definition) is 6. The summed E-state index contributed by atoms with van der Waals surface area (Å²) in [5, 5.41) is 6.13. The van der Waals surface area contributed by atoms with Crippen LogP contribution in [-0.4, -0.2) is 22.4 Å². The Morgan fingerprint density at radius 1 is 0.971 bits per heavy atom. The minimum Gasteiger partial charge on any atom is -0.438 e. The van der Waals surface area contributed by atoms with Crippen LogP contribution in [0.2, 0.25) is 0 Å². The zero-order valence-corrected chi connectivity index (χ0v) is 19.2. The average Bonchev–Trinajstić information content (AvgIpc) is 2.83. The van der Waals surface area contributed by atoms with E-state index in [4.69, 9.17) is 10.5 Å². The van der Waals surface area contributed by atoms with Crippen LogP contribution in [0, 0.1) is 13.8 Å². The fraction of sp³-hybridized carbons (Fsp3) is 0.148. The molecule has 0 bridgehead atoms. The van der Waals surface area contributed by atoms with Gasteiger partial charge in [0.05, 0.1) is 0 Å². The molecular weight excluding hydrogens is 426 g/mol. The first kappa shape index (κ1) is 22.9. The zero-order chi connectivity index (χ0) is 23.9. The van der Waals surface area contributed by atoms with Gasteiger partial charge in [-0.1, -0.05) is 48.5 Å². The standard InChI is InChI=1S/C27H27N5O2/c1-18-8-6-9-19(2)24(18)31-25(33)23-17-29-27(30-21-11-4-3-5-12-21)32-26(23)34-22-13-7-10-20(16-22)14-15-28/h3-13,16-17H,14-15,28H2,1-2H3,(H,31,33)(H,29,30,32). The van der Waals surface area contributed by atoms with Gasteiger partial charge in [0, 0.05) is 17.6 Å². The number of benzene rings is 3. The smallest absolute Gasteiger partial charge is 0.262 e. The number of anilines is 3. The molecule has 3 aromatic carbocycles. The normalized spacial score (nSPS) is 10.6. The second kappa shape index (κ2) is 10.6. The van der Waals surface area contributed by atoms with E-state index in [1.54, 1.807) is 0 Å². The number of carbonyl (C=O) groups excluding carboxylic acids is 1. The largest absolute Gasteiger partial charge is 0.438 e. The lowest BCUT2D eigenvalue weighted by Crippen LogP contribution is -2.16. The van der Waals surface area contributed by atoms with Crippen LogP contribution in [-0.2, 0) is 6.42 Å². The predicted octanol–water partition coefficient (Wildman–Crippen LogP) is 5.38. The third-order valence-corrected chi connectivity index (χ3v) is 5.29. The molecule has 0 saturated heterocycles. The maximum atomic E-state index is 13.3. The summed E-state index contributed by atoms with van der Waals surface area (Å²) in [7, 11) is 0. The topological polar surface area (TPSA) is 102 Å². The van der Waals surface area contributed by atoms with Crippen molar-refractivity contribution < 1.29 is 9.53 Å². The number of rotatable bonds is 8. The monoisotopic (exact) mass is 453 g/mol. The van der Waals surface area contributed by atoms with E-state index >= 15 is 0 Å². The lowest BCUT2D eigenvalue weighted by atomic mass is 10.1. The first-order valence-corrected chi connectivity index (χ1v) is 11.1. The van der Waals surface area contributed by atoms with Crippen LogP contribution in [0.15, 0.2) is 79.0 Å². The molecule has 7 heteroatoms. The van der Waals surface area contributed by atoms with Gasteiger partial charge in [0.1, 0.15) is 11.3 Å².